The Balaban J connectivity index is 1.21. The van der Waals surface area contributed by atoms with Gasteiger partial charge in [-0.3, -0.25) is 15.1 Å². The quantitative estimate of drug-likeness (QED) is 0.201. The van der Waals surface area contributed by atoms with E-state index in [4.69, 9.17) is 0 Å². The van der Waals surface area contributed by atoms with Crippen molar-refractivity contribution in [3.8, 4) is 33.8 Å². The summed E-state index contributed by atoms with van der Waals surface area (Å²) in [5, 5.41) is 17.2. The van der Waals surface area contributed by atoms with Gasteiger partial charge >= 0.3 is 0 Å². The number of aromatic amines is 2. The fourth-order valence-corrected chi connectivity index (χ4v) is 5.48. The molecule has 0 aliphatic carbocycles. The monoisotopic (exact) mass is 525 g/mol. The van der Waals surface area contributed by atoms with Crippen LogP contribution in [0.1, 0.15) is 5.56 Å². The van der Waals surface area contributed by atoms with Crippen molar-refractivity contribution in [2.24, 2.45) is 0 Å². The summed E-state index contributed by atoms with van der Waals surface area (Å²) in [5.41, 5.74) is 10.5. The molecule has 0 aliphatic rings. The molecule has 8 heteroatoms. The summed E-state index contributed by atoms with van der Waals surface area (Å²) >= 11 is 1.66. The first kappa shape index (κ1) is 23.1. The van der Waals surface area contributed by atoms with Crippen molar-refractivity contribution in [2.45, 2.75) is 6.42 Å². The van der Waals surface area contributed by atoms with Gasteiger partial charge in [0.2, 0.25) is 0 Å². The van der Waals surface area contributed by atoms with Crippen LogP contribution < -0.4 is 5.32 Å². The smallest absolute Gasteiger partial charge is 0.181 e. The summed E-state index contributed by atoms with van der Waals surface area (Å²) in [6.07, 6.45) is 8.05. The lowest BCUT2D eigenvalue weighted by atomic mass is 10.1. The van der Waals surface area contributed by atoms with Gasteiger partial charge in [-0.15, -0.1) is 0 Å². The maximum atomic E-state index is 4.64. The van der Waals surface area contributed by atoms with Crippen LogP contribution in [0.5, 0.6) is 0 Å². The van der Waals surface area contributed by atoms with E-state index in [0.29, 0.717) is 5.65 Å². The van der Waals surface area contributed by atoms with Crippen LogP contribution in [-0.4, -0.2) is 30.1 Å². The Morgan fingerprint density at radius 3 is 2.67 bits per heavy atom. The number of thiophene rings is 1. The second-order valence-electron chi connectivity index (χ2n) is 9.36. The van der Waals surface area contributed by atoms with Gasteiger partial charge in [0.05, 0.1) is 29.0 Å². The summed E-state index contributed by atoms with van der Waals surface area (Å²) in [6.45, 7) is 4.20. The molecule has 7 aromatic rings. The molecule has 39 heavy (non-hydrogen) atoms. The highest BCUT2D eigenvalue weighted by Gasteiger charge is 2.15. The number of benzene rings is 1. The second kappa shape index (κ2) is 9.66. The first-order valence-corrected chi connectivity index (χ1v) is 13.4. The number of nitrogens with one attached hydrogen (secondary N) is 3. The van der Waals surface area contributed by atoms with Gasteiger partial charge in [0.1, 0.15) is 0 Å². The molecule has 0 spiro atoms. The largest absolute Gasteiger partial charge is 0.358 e. The van der Waals surface area contributed by atoms with Crippen LogP contribution in [0.15, 0.2) is 108 Å². The third-order valence-corrected chi connectivity index (χ3v) is 7.36. The zero-order valence-electron chi connectivity index (χ0n) is 20.8. The molecule has 3 N–H and O–H groups in total. The number of nitrogens with zero attached hydrogens (tertiary/aromatic N) is 4. The number of anilines is 1. The van der Waals surface area contributed by atoms with Crippen LogP contribution in [0.3, 0.4) is 0 Å². The number of rotatable bonds is 7. The van der Waals surface area contributed by atoms with Crippen LogP contribution in [0, 0.1) is 0 Å². The Kier molecular flexibility index (Phi) is 5.71. The van der Waals surface area contributed by atoms with Crippen LogP contribution >= 0.6 is 11.3 Å². The molecule has 0 bridgehead atoms. The average molecular weight is 526 g/mol. The van der Waals surface area contributed by atoms with Crippen LogP contribution in [0.4, 0.5) is 5.69 Å². The number of hydrogen-bond acceptors (Lipinski definition) is 6. The van der Waals surface area contributed by atoms with Crippen molar-refractivity contribution < 1.29 is 0 Å². The molecule has 6 aromatic heterocycles. The van der Waals surface area contributed by atoms with E-state index in [2.05, 4.69) is 89.2 Å². The lowest BCUT2D eigenvalue weighted by Gasteiger charge is -2.11. The van der Waals surface area contributed by atoms with E-state index in [-0.39, 0.29) is 0 Å². The average Bonchev–Trinajstić information content (AvgIpc) is 3.73. The van der Waals surface area contributed by atoms with E-state index in [1.807, 2.05) is 42.9 Å². The molecule has 0 atom stereocenters. The molecule has 6 heterocycles. The maximum Gasteiger partial charge on any atom is 0.181 e. The zero-order chi connectivity index (χ0) is 26.2. The fourth-order valence-electron chi connectivity index (χ4n) is 4.84. The van der Waals surface area contributed by atoms with Gasteiger partial charge in [-0.2, -0.15) is 16.4 Å². The van der Waals surface area contributed by atoms with Gasteiger partial charge in [0.25, 0.3) is 0 Å². The van der Waals surface area contributed by atoms with Crippen molar-refractivity contribution in [2.75, 3.05) is 5.32 Å². The van der Waals surface area contributed by atoms with Crippen molar-refractivity contribution in [3.05, 3.63) is 114 Å². The van der Waals surface area contributed by atoms with Gasteiger partial charge in [0, 0.05) is 69.1 Å². The highest BCUT2D eigenvalue weighted by Crippen LogP contribution is 2.34. The van der Waals surface area contributed by atoms with E-state index >= 15 is 0 Å². The normalized spacial score (nSPS) is 11.3. The number of pyridine rings is 3. The third-order valence-electron chi connectivity index (χ3n) is 6.67. The Morgan fingerprint density at radius 2 is 1.79 bits per heavy atom. The minimum Gasteiger partial charge on any atom is -0.358 e. The summed E-state index contributed by atoms with van der Waals surface area (Å²) in [4.78, 5) is 17.3. The van der Waals surface area contributed by atoms with Crippen molar-refractivity contribution in [3.63, 3.8) is 0 Å². The number of hydrogen-bond donors (Lipinski definition) is 3. The molecule has 0 radical (unpaired) electrons. The summed E-state index contributed by atoms with van der Waals surface area (Å²) in [6, 6.07) is 20.6. The molecule has 0 aliphatic heterocycles. The Morgan fingerprint density at radius 1 is 0.897 bits per heavy atom. The zero-order valence-corrected chi connectivity index (χ0v) is 21.7. The van der Waals surface area contributed by atoms with E-state index in [1.165, 1.54) is 5.56 Å². The number of allylic oxidation sites excluding steroid dienone is 1. The standard InChI is InChI=1S/C31H23N7S/c1-19(11-20-5-3-2-4-6-20)35-24-12-22(15-32-17-24)23-13-26-30(37-38-31(26)34-16-23)28-14-25-27(36-28)7-9-33-29(25)21-8-10-39-18-21/h2-10,12-18,35-36H,1,11H2,(H,34,37,38). The van der Waals surface area contributed by atoms with E-state index < -0.39 is 0 Å². The lowest BCUT2D eigenvalue weighted by Crippen LogP contribution is -2.02. The predicted octanol–water partition coefficient (Wildman–Crippen LogP) is 7.46. The maximum absolute atomic E-state index is 4.64. The highest BCUT2D eigenvalue weighted by molar-refractivity contribution is 7.08. The molecule has 0 amide bonds. The van der Waals surface area contributed by atoms with Gasteiger partial charge in [0.15, 0.2) is 5.65 Å². The van der Waals surface area contributed by atoms with Gasteiger partial charge in [-0.25, -0.2) is 4.98 Å². The van der Waals surface area contributed by atoms with Crippen LogP contribution in [0.2, 0.25) is 0 Å². The Labute approximate surface area is 228 Å². The molecule has 0 unspecified atom stereocenters. The van der Waals surface area contributed by atoms with Crippen LogP contribution in [0.25, 0.3) is 55.7 Å². The number of H-pyrrole nitrogens is 2. The summed E-state index contributed by atoms with van der Waals surface area (Å²) in [5.74, 6) is 0. The molecule has 0 fully saturated rings. The molecule has 0 saturated heterocycles. The topological polar surface area (TPSA) is 95.2 Å². The first-order valence-electron chi connectivity index (χ1n) is 12.5. The minimum absolute atomic E-state index is 0.655. The molecule has 188 valence electrons. The lowest BCUT2D eigenvalue weighted by molar-refractivity contribution is 1.10. The van der Waals surface area contributed by atoms with Crippen LogP contribution in [-0.2, 0) is 6.42 Å². The first-order chi connectivity index (χ1) is 19.2. The molecular weight excluding hydrogens is 502 g/mol. The number of aromatic nitrogens is 6. The van der Waals surface area contributed by atoms with Crippen molar-refractivity contribution in [1.29, 1.82) is 0 Å². The van der Waals surface area contributed by atoms with E-state index in [0.717, 1.165) is 67.9 Å². The van der Waals surface area contributed by atoms with E-state index in [1.54, 1.807) is 17.5 Å². The Hall–Kier alpha value is -5.08. The van der Waals surface area contributed by atoms with E-state index in [9.17, 15) is 0 Å². The molecule has 7 rings (SSSR count). The van der Waals surface area contributed by atoms with Gasteiger partial charge in [-0.05, 0) is 41.3 Å². The third kappa shape index (κ3) is 4.47. The summed E-state index contributed by atoms with van der Waals surface area (Å²) < 4.78 is 0. The fraction of sp³-hybridized carbons (Fsp3) is 0.0323. The SMILES string of the molecule is C=C(Cc1ccccc1)Nc1cncc(-c2cnc3n[nH]c(-c4cc5c(-c6ccsc6)nccc5[nH]4)c3c2)c1. The molecular formula is C31H23N7S. The van der Waals surface area contributed by atoms with Crippen molar-refractivity contribution in [1.82, 2.24) is 30.1 Å². The number of fused-ring (bicyclic) bond motifs is 2. The molecule has 7 nitrogen and oxygen atoms in total. The van der Waals surface area contributed by atoms with Gasteiger partial charge < -0.3 is 10.3 Å². The van der Waals surface area contributed by atoms with Gasteiger partial charge in [-0.1, -0.05) is 36.9 Å². The molecule has 0 saturated carbocycles. The second-order valence-corrected chi connectivity index (χ2v) is 10.1. The molecule has 1 aromatic carbocycles. The summed E-state index contributed by atoms with van der Waals surface area (Å²) in [7, 11) is 0. The Bertz CT molecular complexity index is 1930. The van der Waals surface area contributed by atoms with Crippen molar-refractivity contribution >= 4 is 39.0 Å². The predicted molar refractivity (Wildman–Crippen MR) is 158 cm³/mol. The highest BCUT2D eigenvalue weighted by atomic mass is 32.1. The minimum atomic E-state index is 0.655.